The van der Waals surface area contributed by atoms with E-state index in [4.69, 9.17) is 5.11 Å². The van der Waals surface area contributed by atoms with Gasteiger partial charge in [-0.05, 0) is 35.3 Å². The molecule has 1 aromatic carbocycles. The zero-order valence-electron chi connectivity index (χ0n) is 7.18. The first-order valence-corrected chi connectivity index (χ1v) is 4.79. The van der Waals surface area contributed by atoms with Crippen molar-refractivity contribution in [2.24, 2.45) is 0 Å². The van der Waals surface area contributed by atoms with Crippen LogP contribution in [0.25, 0.3) is 10.4 Å². The van der Waals surface area contributed by atoms with Crippen LogP contribution in [0.1, 0.15) is 10.4 Å². The number of carbonyl (C=O) groups is 1. The van der Waals surface area contributed by atoms with E-state index in [-0.39, 0.29) is 0 Å². The molecule has 0 spiro atoms. The molecule has 1 heterocycles. The van der Waals surface area contributed by atoms with Gasteiger partial charge in [-0.15, -0.1) is 0 Å². The number of aromatic nitrogens is 1. The van der Waals surface area contributed by atoms with Crippen LogP contribution in [-0.4, -0.2) is 15.4 Å². The van der Waals surface area contributed by atoms with Gasteiger partial charge in [0.05, 0.1) is 10.4 Å². The molecule has 0 aliphatic carbocycles. The number of nitrogens with zero attached hydrogens (tertiary/aromatic N) is 1. The second-order valence-corrected chi connectivity index (χ2v) is 3.60. The summed E-state index contributed by atoms with van der Waals surface area (Å²) in [6, 6.07) is 8.70. The van der Waals surface area contributed by atoms with Gasteiger partial charge in [0.15, 0.2) is 0 Å². The minimum absolute atomic E-state index is 0.302. The largest absolute Gasteiger partial charge is 0.478 e. The highest BCUT2D eigenvalue weighted by Gasteiger charge is 2.05. The molecule has 1 aromatic heterocycles. The van der Waals surface area contributed by atoms with Crippen LogP contribution >= 0.6 is 11.5 Å². The number of hydrogen-bond acceptors (Lipinski definition) is 3. The first kappa shape index (κ1) is 8.90. The van der Waals surface area contributed by atoms with E-state index >= 15 is 0 Å². The van der Waals surface area contributed by atoms with Crippen LogP contribution in [0.5, 0.6) is 0 Å². The summed E-state index contributed by atoms with van der Waals surface area (Å²) in [4.78, 5) is 11.7. The molecule has 0 fully saturated rings. The van der Waals surface area contributed by atoms with Crippen molar-refractivity contribution in [1.82, 2.24) is 4.37 Å². The average molecular weight is 205 g/mol. The zero-order valence-corrected chi connectivity index (χ0v) is 7.99. The molecular weight excluding hydrogens is 198 g/mol. The monoisotopic (exact) mass is 205 g/mol. The molecule has 0 atom stereocenters. The third-order valence-corrected chi connectivity index (χ3v) is 2.63. The number of rotatable bonds is 2. The van der Waals surface area contributed by atoms with Gasteiger partial charge < -0.3 is 5.11 Å². The lowest BCUT2D eigenvalue weighted by Crippen LogP contribution is -1.95. The van der Waals surface area contributed by atoms with Crippen LogP contribution in [0.4, 0.5) is 0 Å². The molecule has 14 heavy (non-hydrogen) atoms. The maximum atomic E-state index is 10.7. The van der Waals surface area contributed by atoms with Gasteiger partial charge in [0.25, 0.3) is 0 Å². The minimum atomic E-state index is -0.906. The predicted octanol–water partition coefficient (Wildman–Crippen LogP) is 2.51. The molecule has 0 unspecified atom stereocenters. The number of carboxylic acid groups (broad SMARTS) is 1. The average Bonchev–Trinajstić information content (AvgIpc) is 2.71. The fraction of sp³-hybridized carbons (Fsp3) is 0. The van der Waals surface area contributed by atoms with Gasteiger partial charge in [0.2, 0.25) is 0 Å². The zero-order chi connectivity index (χ0) is 9.97. The fourth-order valence-corrected chi connectivity index (χ4v) is 1.76. The van der Waals surface area contributed by atoms with Gasteiger partial charge in [-0.25, -0.2) is 9.17 Å². The van der Waals surface area contributed by atoms with E-state index in [2.05, 4.69) is 4.37 Å². The molecule has 0 bridgehead atoms. The van der Waals surface area contributed by atoms with Crippen molar-refractivity contribution in [2.45, 2.75) is 0 Å². The van der Waals surface area contributed by atoms with E-state index < -0.39 is 5.97 Å². The Morgan fingerprint density at radius 3 is 2.86 bits per heavy atom. The Morgan fingerprint density at radius 1 is 1.36 bits per heavy atom. The summed E-state index contributed by atoms with van der Waals surface area (Å²) in [6.07, 6.45) is 1.70. The topological polar surface area (TPSA) is 50.2 Å². The highest BCUT2D eigenvalue weighted by atomic mass is 32.1. The molecule has 4 heteroatoms. The molecule has 1 N–H and O–H groups in total. The maximum Gasteiger partial charge on any atom is 0.335 e. The summed E-state index contributed by atoms with van der Waals surface area (Å²) >= 11 is 1.35. The Morgan fingerprint density at radius 2 is 2.21 bits per heavy atom. The quantitative estimate of drug-likeness (QED) is 0.819. The molecule has 70 valence electrons. The predicted molar refractivity (Wildman–Crippen MR) is 54.5 cm³/mol. The van der Waals surface area contributed by atoms with Crippen molar-refractivity contribution in [3.05, 3.63) is 42.1 Å². The van der Waals surface area contributed by atoms with Crippen molar-refractivity contribution in [3.8, 4) is 10.4 Å². The smallest absolute Gasteiger partial charge is 0.335 e. The van der Waals surface area contributed by atoms with E-state index in [9.17, 15) is 4.79 Å². The summed E-state index contributed by atoms with van der Waals surface area (Å²) in [5, 5.41) is 8.79. The van der Waals surface area contributed by atoms with E-state index in [1.54, 1.807) is 24.4 Å². The van der Waals surface area contributed by atoms with Gasteiger partial charge in [0.1, 0.15) is 0 Å². The molecule has 0 amide bonds. The lowest BCUT2D eigenvalue weighted by Gasteiger charge is -1.98. The molecular formula is C10H7NO2S. The summed E-state index contributed by atoms with van der Waals surface area (Å²) in [5.74, 6) is -0.906. The Labute approximate surface area is 84.8 Å². The van der Waals surface area contributed by atoms with Crippen molar-refractivity contribution >= 4 is 17.5 Å². The number of benzene rings is 1. The summed E-state index contributed by atoms with van der Waals surface area (Å²) < 4.78 is 3.97. The molecule has 2 rings (SSSR count). The van der Waals surface area contributed by atoms with Crippen molar-refractivity contribution in [3.63, 3.8) is 0 Å². The van der Waals surface area contributed by atoms with Crippen molar-refractivity contribution in [1.29, 1.82) is 0 Å². The SMILES string of the molecule is O=C(O)c1cccc(-c2ccns2)c1. The Kier molecular flexibility index (Phi) is 2.28. The molecule has 0 radical (unpaired) electrons. The van der Waals surface area contributed by atoms with Crippen LogP contribution in [0, 0.1) is 0 Å². The number of aromatic carboxylic acids is 1. The molecule has 0 saturated heterocycles. The Hall–Kier alpha value is -1.68. The normalized spacial score (nSPS) is 10.0. The molecule has 0 saturated carbocycles. The van der Waals surface area contributed by atoms with Crippen molar-refractivity contribution in [2.75, 3.05) is 0 Å². The van der Waals surface area contributed by atoms with Gasteiger partial charge in [-0.3, -0.25) is 0 Å². The third-order valence-electron chi connectivity index (χ3n) is 1.83. The standard InChI is InChI=1S/C10H7NO2S/c12-10(13)8-3-1-2-7(6-8)9-4-5-11-14-9/h1-6H,(H,12,13). The van der Waals surface area contributed by atoms with Crippen LogP contribution in [0.2, 0.25) is 0 Å². The second kappa shape index (κ2) is 3.59. The molecule has 0 aliphatic rings. The van der Waals surface area contributed by atoms with E-state index in [1.807, 2.05) is 12.1 Å². The second-order valence-electron chi connectivity index (χ2n) is 2.76. The summed E-state index contributed by atoms with van der Waals surface area (Å²) in [5.41, 5.74) is 1.20. The first-order chi connectivity index (χ1) is 6.77. The van der Waals surface area contributed by atoms with E-state index in [1.165, 1.54) is 11.5 Å². The van der Waals surface area contributed by atoms with Crippen LogP contribution in [-0.2, 0) is 0 Å². The number of hydrogen-bond donors (Lipinski definition) is 1. The van der Waals surface area contributed by atoms with Gasteiger partial charge >= 0.3 is 5.97 Å². The summed E-state index contributed by atoms with van der Waals surface area (Å²) in [7, 11) is 0. The third kappa shape index (κ3) is 1.65. The molecule has 0 aliphatic heterocycles. The maximum absolute atomic E-state index is 10.7. The Balaban J connectivity index is 2.46. The van der Waals surface area contributed by atoms with Gasteiger partial charge in [-0.2, -0.15) is 0 Å². The van der Waals surface area contributed by atoms with Gasteiger partial charge in [0, 0.05) is 6.20 Å². The first-order valence-electron chi connectivity index (χ1n) is 4.02. The van der Waals surface area contributed by atoms with Crippen molar-refractivity contribution < 1.29 is 9.90 Å². The minimum Gasteiger partial charge on any atom is -0.478 e. The van der Waals surface area contributed by atoms with Gasteiger partial charge in [-0.1, -0.05) is 12.1 Å². The number of carboxylic acids is 1. The Bertz CT molecular complexity index is 451. The lowest BCUT2D eigenvalue weighted by molar-refractivity contribution is 0.0697. The van der Waals surface area contributed by atoms with Crippen LogP contribution in [0.15, 0.2) is 36.5 Å². The fourth-order valence-electron chi connectivity index (χ4n) is 1.17. The summed E-state index contributed by atoms with van der Waals surface area (Å²) in [6.45, 7) is 0. The van der Waals surface area contributed by atoms with E-state index in [0.29, 0.717) is 5.56 Å². The van der Waals surface area contributed by atoms with Crippen LogP contribution in [0.3, 0.4) is 0 Å². The van der Waals surface area contributed by atoms with Crippen LogP contribution < -0.4 is 0 Å². The van der Waals surface area contributed by atoms with E-state index in [0.717, 1.165) is 10.4 Å². The molecule has 2 aromatic rings. The highest BCUT2D eigenvalue weighted by Crippen LogP contribution is 2.23. The molecule has 3 nitrogen and oxygen atoms in total. The highest BCUT2D eigenvalue weighted by molar-refractivity contribution is 7.09. The lowest BCUT2D eigenvalue weighted by atomic mass is 10.1.